The number of hydrogen-bond donors (Lipinski definition) is 0. The van der Waals surface area contributed by atoms with Crippen LogP contribution in [-0.4, -0.2) is 97.2 Å². The Bertz CT molecular complexity index is 1250. The molecule has 2 aliphatic heterocycles. The number of piperazine rings is 1. The third kappa shape index (κ3) is 5.54. The summed E-state index contributed by atoms with van der Waals surface area (Å²) < 4.78 is 5.45. The van der Waals surface area contributed by atoms with Gasteiger partial charge in [-0.3, -0.25) is 9.69 Å². The average Bonchev–Trinajstić information content (AvgIpc) is 3.28. The van der Waals surface area contributed by atoms with Crippen molar-refractivity contribution in [1.82, 2.24) is 24.9 Å². The summed E-state index contributed by atoms with van der Waals surface area (Å²) >= 11 is 0. The first-order valence-corrected chi connectivity index (χ1v) is 14.0. The van der Waals surface area contributed by atoms with E-state index in [1.54, 1.807) is 0 Å². The van der Waals surface area contributed by atoms with Crippen molar-refractivity contribution in [3.05, 3.63) is 29.7 Å². The molecule has 9 nitrogen and oxygen atoms in total. The summed E-state index contributed by atoms with van der Waals surface area (Å²) in [6.07, 6.45) is 2.37. The van der Waals surface area contributed by atoms with Crippen molar-refractivity contribution in [2.24, 2.45) is 5.92 Å². The van der Waals surface area contributed by atoms with Crippen LogP contribution in [0.5, 0.6) is 0 Å². The van der Waals surface area contributed by atoms with E-state index >= 15 is 0 Å². The maximum absolute atomic E-state index is 12.4. The smallest absolute Gasteiger partial charge is 0.227 e. The first-order valence-electron chi connectivity index (χ1n) is 14.0. The molecule has 0 amide bonds. The van der Waals surface area contributed by atoms with Crippen molar-refractivity contribution in [2.45, 2.75) is 40.0 Å². The Balaban J connectivity index is 1.46. The van der Waals surface area contributed by atoms with Gasteiger partial charge in [-0.2, -0.15) is 4.98 Å². The predicted molar refractivity (Wildman–Crippen MR) is 152 cm³/mol. The lowest BCUT2D eigenvalue weighted by molar-refractivity contribution is -0.123. The summed E-state index contributed by atoms with van der Waals surface area (Å²) in [7, 11) is 4.25. The monoisotopic (exact) mass is 519 g/mol. The molecular weight excluding hydrogens is 478 g/mol. The van der Waals surface area contributed by atoms with Crippen LogP contribution in [0, 0.1) is 19.8 Å². The van der Waals surface area contributed by atoms with E-state index in [1.807, 2.05) is 20.8 Å². The number of piperidine rings is 1. The van der Waals surface area contributed by atoms with Gasteiger partial charge in [-0.1, -0.05) is 18.1 Å². The lowest BCUT2D eigenvalue weighted by atomic mass is 9.91. The van der Waals surface area contributed by atoms with Crippen molar-refractivity contribution in [2.75, 3.05) is 76.3 Å². The molecule has 0 radical (unpaired) electrons. The number of aromatic nitrogens is 3. The normalized spacial score (nSPS) is 17.6. The van der Waals surface area contributed by atoms with E-state index in [1.165, 1.54) is 0 Å². The van der Waals surface area contributed by atoms with Crippen LogP contribution in [0.2, 0.25) is 0 Å². The Morgan fingerprint density at radius 2 is 1.76 bits per heavy atom. The summed E-state index contributed by atoms with van der Waals surface area (Å²) in [5, 5.41) is 5.20. The van der Waals surface area contributed by atoms with Crippen LogP contribution < -0.4 is 9.80 Å². The molecule has 0 spiro atoms. The molecule has 1 aromatic carbocycles. The zero-order valence-corrected chi connectivity index (χ0v) is 23.5. The summed E-state index contributed by atoms with van der Waals surface area (Å²) in [4.78, 5) is 32.0. The van der Waals surface area contributed by atoms with Crippen molar-refractivity contribution in [3.8, 4) is 11.1 Å². The number of rotatable bonds is 8. The van der Waals surface area contributed by atoms with Crippen LogP contribution in [0.15, 0.2) is 22.7 Å². The summed E-state index contributed by atoms with van der Waals surface area (Å²) in [6.45, 7) is 13.6. The maximum Gasteiger partial charge on any atom is 0.227 e. The Labute approximate surface area is 225 Å². The zero-order chi connectivity index (χ0) is 26.8. The number of ketones is 1. The minimum atomic E-state index is 0.164. The molecule has 38 heavy (non-hydrogen) atoms. The number of benzene rings is 1. The molecule has 0 atom stereocenters. The van der Waals surface area contributed by atoms with E-state index < -0.39 is 0 Å². The van der Waals surface area contributed by atoms with E-state index in [4.69, 9.17) is 14.5 Å². The molecule has 9 heteroatoms. The molecule has 5 rings (SSSR count). The van der Waals surface area contributed by atoms with Gasteiger partial charge in [-0.05, 0) is 58.5 Å². The highest BCUT2D eigenvalue weighted by molar-refractivity contribution is 5.94. The van der Waals surface area contributed by atoms with Crippen LogP contribution in [-0.2, 0) is 4.79 Å². The number of hydrogen-bond acceptors (Lipinski definition) is 9. The summed E-state index contributed by atoms with van der Waals surface area (Å²) in [5.41, 5.74) is 3.93. The van der Waals surface area contributed by atoms with Crippen LogP contribution in [0.1, 0.15) is 37.6 Å². The zero-order valence-electron chi connectivity index (χ0n) is 23.5. The number of fused-ring (bicyclic) bond motifs is 1. The van der Waals surface area contributed by atoms with Gasteiger partial charge in [0.15, 0.2) is 0 Å². The van der Waals surface area contributed by atoms with Gasteiger partial charge < -0.3 is 19.2 Å². The molecule has 2 fully saturated rings. The van der Waals surface area contributed by atoms with Crippen molar-refractivity contribution >= 4 is 28.5 Å². The van der Waals surface area contributed by atoms with Crippen LogP contribution >= 0.6 is 0 Å². The molecule has 3 aromatic rings. The number of Topliss-reactive ketones (excluding diaryl/α,β-unsaturated/α-hetero) is 1. The topological polar surface area (TPSA) is 81.8 Å². The molecule has 0 unspecified atom stereocenters. The number of likely N-dealkylation sites (N-methyl/N-ethyl adjacent to an activating group) is 1. The van der Waals surface area contributed by atoms with Gasteiger partial charge in [-0.25, -0.2) is 4.98 Å². The Morgan fingerprint density at radius 3 is 2.39 bits per heavy atom. The number of anilines is 2. The van der Waals surface area contributed by atoms with Crippen molar-refractivity contribution in [3.63, 3.8) is 0 Å². The second kappa shape index (κ2) is 11.4. The highest BCUT2D eigenvalue weighted by Gasteiger charge is 2.27. The van der Waals surface area contributed by atoms with Crippen LogP contribution in [0.4, 0.5) is 11.8 Å². The van der Waals surface area contributed by atoms with E-state index in [9.17, 15) is 4.79 Å². The lowest BCUT2D eigenvalue weighted by Crippen LogP contribution is -2.48. The number of carbonyl (C=O) groups excluding carboxylic acids is 1. The first-order chi connectivity index (χ1) is 18.3. The molecule has 2 saturated heterocycles. The minimum absolute atomic E-state index is 0.164. The highest BCUT2D eigenvalue weighted by Crippen LogP contribution is 2.35. The maximum atomic E-state index is 12.4. The second-order valence-corrected chi connectivity index (χ2v) is 11.0. The fourth-order valence-electron chi connectivity index (χ4n) is 5.75. The van der Waals surface area contributed by atoms with Crippen LogP contribution in [0.3, 0.4) is 0 Å². The van der Waals surface area contributed by atoms with Gasteiger partial charge in [0.1, 0.15) is 17.4 Å². The Morgan fingerprint density at radius 1 is 1.03 bits per heavy atom. The summed E-state index contributed by atoms with van der Waals surface area (Å²) in [5.74, 6) is 3.13. The van der Waals surface area contributed by atoms with Gasteiger partial charge in [-0.15, -0.1) is 0 Å². The van der Waals surface area contributed by atoms with Crippen molar-refractivity contribution < 1.29 is 9.32 Å². The molecule has 0 bridgehead atoms. The SMILES string of the molecule is CCC(=O)C1CCN(c2nc(N3CCN(CCN(C)C)CC3)nc3ccc(-c4c(C)noc4C)cc23)CC1. The van der Waals surface area contributed by atoms with E-state index in [-0.39, 0.29) is 5.92 Å². The molecule has 2 aromatic heterocycles. The number of nitrogens with zero attached hydrogens (tertiary/aromatic N) is 7. The van der Waals surface area contributed by atoms with Crippen LogP contribution in [0.25, 0.3) is 22.0 Å². The molecule has 4 heterocycles. The first kappa shape index (κ1) is 26.6. The fraction of sp³-hybridized carbons (Fsp3) is 0.586. The Hall–Kier alpha value is -3.04. The van der Waals surface area contributed by atoms with Gasteiger partial charge in [0.2, 0.25) is 5.95 Å². The quantitative estimate of drug-likeness (QED) is 0.442. The third-order valence-electron chi connectivity index (χ3n) is 8.10. The van der Waals surface area contributed by atoms with E-state index in [0.717, 1.165) is 110 Å². The van der Waals surface area contributed by atoms with Gasteiger partial charge in [0.05, 0.1) is 11.2 Å². The van der Waals surface area contributed by atoms with Gasteiger partial charge >= 0.3 is 0 Å². The number of carbonyl (C=O) groups is 1. The largest absolute Gasteiger partial charge is 0.361 e. The average molecular weight is 520 g/mol. The molecule has 0 N–H and O–H groups in total. The molecule has 0 aliphatic carbocycles. The summed E-state index contributed by atoms with van der Waals surface area (Å²) in [6, 6.07) is 6.40. The molecule has 2 aliphatic rings. The van der Waals surface area contributed by atoms with E-state index in [0.29, 0.717) is 12.2 Å². The fourth-order valence-corrected chi connectivity index (χ4v) is 5.75. The Kier molecular flexibility index (Phi) is 7.95. The lowest BCUT2D eigenvalue weighted by Gasteiger charge is -2.36. The van der Waals surface area contributed by atoms with Crippen molar-refractivity contribution in [1.29, 1.82) is 0 Å². The molecule has 0 saturated carbocycles. The second-order valence-electron chi connectivity index (χ2n) is 11.0. The third-order valence-corrected chi connectivity index (χ3v) is 8.10. The van der Waals surface area contributed by atoms with Gasteiger partial charge in [0.25, 0.3) is 0 Å². The molecule has 204 valence electrons. The predicted octanol–water partition coefficient (Wildman–Crippen LogP) is 3.78. The van der Waals surface area contributed by atoms with Gasteiger partial charge in [0, 0.05) is 75.6 Å². The minimum Gasteiger partial charge on any atom is -0.361 e. The number of aryl methyl sites for hydroxylation is 2. The molecular formula is C29H41N7O2. The standard InChI is InChI=1S/C29H41N7O2/c1-6-26(37)22-9-11-35(12-10-22)28-24-19-23(27-20(2)32-38-21(27)3)7-8-25(24)30-29(31-28)36-17-15-34(16-18-36)14-13-33(4)5/h7-8,19,22H,6,9-18H2,1-5H3. The highest BCUT2D eigenvalue weighted by atomic mass is 16.5. The van der Waals surface area contributed by atoms with E-state index in [2.05, 4.69) is 57.1 Å².